The second-order valence-corrected chi connectivity index (χ2v) is 14.6. The Morgan fingerprint density at radius 3 is 1.52 bits per heavy atom. The first-order valence-electron chi connectivity index (χ1n) is 19.9. The molecule has 0 aromatic carbocycles. The van der Waals surface area contributed by atoms with E-state index in [4.69, 9.17) is 9.47 Å². The first-order valence-corrected chi connectivity index (χ1v) is 19.9. The highest BCUT2D eigenvalue weighted by Gasteiger charge is 2.35. The average Bonchev–Trinajstić information content (AvgIpc) is 4.12. The van der Waals surface area contributed by atoms with Crippen LogP contribution in [0.15, 0.2) is 62.5 Å². The fourth-order valence-electron chi connectivity index (χ4n) is 7.00. The van der Waals surface area contributed by atoms with Gasteiger partial charge in [0.05, 0.1) is 58.8 Å². The largest absolute Gasteiger partial charge is 0.469 e. The van der Waals surface area contributed by atoms with Crippen LogP contribution in [0.3, 0.4) is 0 Å². The van der Waals surface area contributed by atoms with Gasteiger partial charge in [-0.05, 0) is 25.0 Å². The number of nitrogens with one attached hydrogen (secondary N) is 4. The van der Waals surface area contributed by atoms with E-state index < -0.39 is 50.5 Å². The fraction of sp³-hybridized carbons (Fsp3) is 0.350. The number of nitrogens with zero attached hydrogens (tertiary/aromatic N) is 12. The van der Waals surface area contributed by atoms with E-state index in [-0.39, 0.29) is 108 Å². The van der Waals surface area contributed by atoms with Crippen molar-refractivity contribution in [1.82, 2.24) is 59.3 Å². The number of halogens is 6. The number of anilines is 4. The molecule has 0 bridgehead atoms. The van der Waals surface area contributed by atoms with E-state index in [9.17, 15) is 46.5 Å². The summed E-state index contributed by atoms with van der Waals surface area (Å²) in [5, 5.41) is 32.7. The molecule has 0 saturated carbocycles. The van der Waals surface area contributed by atoms with E-state index in [0.29, 0.717) is 11.4 Å². The zero-order chi connectivity index (χ0) is 47.1. The molecule has 0 unspecified atom stereocenters. The molecule has 8 rings (SSSR count). The summed E-state index contributed by atoms with van der Waals surface area (Å²) in [6, 6.07) is 4.00. The number of piperidine rings is 2. The number of likely N-dealkylation sites (tertiary alicyclic amines) is 2. The number of H-pyrrole nitrogens is 2. The third-order valence-corrected chi connectivity index (χ3v) is 10.1. The maximum absolute atomic E-state index is 14.6. The highest BCUT2D eigenvalue weighted by molar-refractivity contribution is 5.90. The van der Waals surface area contributed by atoms with Gasteiger partial charge >= 0.3 is 0 Å². The molecule has 2 aliphatic heterocycles. The predicted molar refractivity (Wildman–Crippen MR) is 222 cm³/mol. The van der Waals surface area contributed by atoms with Gasteiger partial charge in [0.1, 0.15) is 61.1 Å². The van der Waals surface area contributed by atoms with Crippen molar-refractivity contribution in [2.45, 2.75) is 63.3 Å². The Bertz CT molecular complexity index is 2620. The van der Waals surface area contributed by atoms with E-state index in [1.807, 2.05) is 12.1 Å². The maximum atomic E-state index is 14.6. The minimum absolute atomic E-state index is 0.0191. The predicted octanol–water partition coefficient (Wildman–Crippen LogP) is 5.08. The summed E-state index contributed by atoms with van der Waals surface area (Å²) in [5.41, 5.74) is 1.59. The van der Waals surface area contributed by atoms with Crippen LogP contribution in [0, 0.1) is 22.7 Å². The molecule has 4 N–H and O–H groups in total. The normalized spacial score (nSPS) is 18.3. The fourth-order valence-corrected chi connectivity index (χ4v) is 7.00. The second-order valence-electron chi connectivity index (χ2n) is 14.6. The van der Waals surface area contributed by atoms with Crippen LogP contribution in [0.2, 0.25) is 0 Å². The third kappa shape index (κ3) is 10.6. The summed E-state index contributed by atoms with van der Waals surface area (Å²) in [6.07, 6.45) is 0.723. The van der Waals surface area contributed by atoms with E-state index in [1.54, 1.807) is 0 Å². The second kappa shape index (κ2) is 20.1. The lowest BCUT2D eigenvalue weighted by Crippen LogP contribution is -2.49. The maximum Gasteiger partial charge on any atom is 0.257 e. The van der Waals surface area contributed by atoms with E-state index >= 15 is 0 Å². The standard InChI is InChI=1S/2C20H19F3N8O2/c2*1-2-16(32)30-4-3-13(21)14(9-30)33-19-17-11(5-24)6-25-18(17)28-20(29-19)27-12-7-26-31(8-12)10-15(22)23/h2*2,6-8,13-15H,1,3-4,9-10H2,(H2,25,27,28,29)/t2*13-,14-/m10/s1. The summed E-state index contributed by atoms with van der Waals surface area (Å²) in [5.74, 6) is -0.755. The molecule has 4 atom stereocenters. The Labute approximate surface area is 369 Å². The minimum Gasteiger partial charge on any atom is -0.469 e. The van der Waals surface area contributed by atoms with Gasteiger partial charge in [0.15, 0.2) is 0 Å². The molecule has 0 spiro atoms. The number of fused-ring (bicyclic) bond motifs is 2. The third-order valence-electron chi connectivity index (χ3n) is 10.1. The lowest BCUT2D eigenvalue weighted by atomic mass is 10.1. The average molecular weight is 921 g/mol. The van der Waals surface area contributed by atoms with E-state index in [0.717, 1.165) is 21.5 Å². The minimum atomic E-state index is -2.56. The van der Waals surface area contributed by atoms with Crippen molar-refractivity contribution in [3.05, 3.63) is 73.6 Å². The topological polar surface area (TPSA) is 250 Å². The van der Waals surface area contributed by atoms with Crippen molar-refractivity contribution >= 4 is 57.2 Å². The molecule has 6 aromatic rings. The van der Waals surface area contributed by atoms with Gasteiger partial charge in [0, 0.05) is 37.9 Å². The smallest absolute Gasteiger partial charge is 0.257 e. The van der Waals surface area contributed by atoms with Gasteiger partial charge in [0.25, 0.3) is 12.9 Å². The van der Waals surface area contributed by atoms with Crippen molar-refractivity contribution < 1.29 is 45.4 Å². The van der Waals surface area contributed by atoms with Gasteiger partial charge in [0.2, 0.25) is 35.5 Å². The van der Waals surface area contributed by atoms with Crippen LogP contribution < -0.4 is 20.1 Å². The molecule has 6 aromatic heterocycles. The molecule has 0 radical (unpaired) electrons. The Hall–Kier alpha value is -8.16. The highest BCUT2D eigenvalue weighted by atomic mass is 19.3. The van der Waals surface area contributed by atoms with Crippen LogP contribution in [0.4, 0.5) is 49.6 Å². The Kier molecular flexibility index (Phi) is 14.0. The summed E-state index contributed by atoms with van der Waals surface area (Å²) in [4.78, 5) is 49.5. The molecule has 8 heterocycles. The van der Waals surface area contributed by atoms with Gasteiger partial charge in [-0.1, -0.05) is 13.2 Å². The Morgan fingerprint density at radius 1 is 0.742 bits per heavy atom. The lowest BCUT2D eigenvalue weighted by molar-refractivity contribution is -0.130. The number of ether oxygens (including phenoxy) is 2. The molecule has 20 nitrogen and oxygen atoms in total. The van der Waals surface area contributed by atoms with Crippen molar-refractivity contribution in [1.29, 1.82) is 10.5 Å². The summed E-state index contributed by atoms with van der Waals surface area (Å²) in [7, 11) is 0. The zero-order valence-corrected chi connectivity index (χ0v) is 34.4. The number of hydrogen-bond acceptors (Lipinski definition) is 14. The van der Waals surface area contributed by atoms with Gasteiger partial charge < -0.3 is 39.9 Å². The number of aromatic amines is 2. The summed E-state index contributed by atoms with van der Waals surface area (Å²) in [6.45, 7) is 6.17. The molecule has 66 heavy (non-hydrogen) atoms. The molecule has 2 saturated heterocycles. The van der Waals surface area contributed by atoms with E-state index in [1.165, 1.54) is 47.0 Å². The molecule has 2 fully saturated rings. The molecule has 2 aliphatic rings. The Balaban J connectivity index is 0.000000196. The van der Waals surface area contributed by atoms with Gasteiger partial charge in [-0.25, -0.2) is 26.3 Å². The number of hydrogen-bond donors (Lipinski definition) is 4. The van der Waals surface area contributed by atoms with Crippen LogP contribution in [-0.2, 0) is 22.7 Å². The summed E-state index contributed by atoms with van der Waals surface area (Å²) < 4.78 is 93.4. The Morgan fingerprint density at radius 2 is 1.15 bits per heavy atom. The molecular formula is C40H38F6N16O4. The highest BCUT2D eigenvalue weighted by Crippen LogP contribution is 2.33. The number of rotatable bonds is 14. The van der Waals surface area contributed by atoms with Crippen molar-refractivity contribution in [2.24, 2.45) is 0 Å². The zero-order valence-electron chi connectivity index (χ0n) is 34.4. The van der Waals surface area contributed by atoms with Crippen molar-refractivity contribution in [3.8, 4) is 23.9 Å². The first kappa shape index (κ1) is 45.9. The summed E-state index contributed by atoms with van der Waals surface area (Å²) >= 11 is 0. The molecule has 2 amide bonds. The molecule has 344 valence electrons. The molecule has 0 aliphatic carbocycles. The first-order chi connectivity index (χ1) is 31.7. The lowest BCUT2D eigenvalue weighted by Gasteiger charge is -2.34. The number of carbonyl (C=O) groups excluding carboxylic acids is 2. The van der Waals surface area contributed by atoms with Gasteiger partial charge in [-0.3, -0.25) is 19.0 Å². The van der Waals surface area contributed by atoms with Gasteiger partial charge in [-0.2, -0.15) is 40.7 Å². The number of aromatic nitrogens is 10. The van der Waals surface area contributed by atoms with Crippen molar-refractivity contribution in [3.63, 3.8) is 0 Å². The van der Waals surface area contributed by atoms with E-state index in [2.05, 4.69) is 63.9 Å². The van der Waals surface area contributed by atoms with Gasteiger partial charge in [-0.15, -0.1) is 0 Å². The van der Waals surface area contributed by atoms with Crippen LogP contribution in [0.1, 0.15) is 24.0 Å². The monoisotopic (exact) mass is 920 g/mol. The molecular weight excluding hydrogens is 883 g/mol. The van der Waals surface area contributed by atoms with Crippen molar-refractivity contribution in [2.75, 3.05) is 36.8 Å². The van der Waals surface area contributed by atoms with Crippen LogP contribution in [0.5, 0.6) is 11.8 Å². The molecule has 26 heteroatoms. The number of amides is 2. The number of alkyl halides is 6. The number of nitriles is 2. The van der Waals surface area contributed by atoms with Crippen LogP contribution in [0.25, 0.3) is 22.1 Å². The van der Waals surface area contributed by atoms with Crippen LogP contribution >= 0.6 is 0 Å². The van der Waals surface area contributed by atoms with Crippen LogP contribution in [-0.4, -0.2) is 135 Å². The quantitative estimate of drug-likeness (QED) is 0.0823. The number of carbonyl (C=O) groups is 2. The SMILES string of the molecule is C=CC(=O)N1CC[C@@H](F)[C@H](Oc2nc(Nc3cnn(CC(F)F)c3)nc3[nH]cc(C#N)c23)C1.C=CC(=O)N1CC[C@H](F)[C@@H](Oc2nc(Nc3cnn(CC(F)F)c3)nc3[nH]cc(C#N)c23)C1.